The van der Waals surface area contributed by atoms with Crippen molar-refractivity contribution in [1.29, 1.82) is 0 Å². The number of carboxylic acids is 1. The van der Waals surface area contributed by atoms with Gasteiger partial charge in [0.05, 0.1) is 12.1 Å². The van der Waals surface area contributed by atoms with E-state index in [0.29, 0.717) is 12.4 Å². The van der Waals surface area contributed by atoms with Gasteiger partial charge in [0.15, 0.2) is 0 Å². The average molecular weight is 231 g/mol. The van der Waals surface area contributed by atoms with Gasteiger partial charge in [0.1, 0.15) is 5.82 Å². The van der Waals surface area contributed by atoms with Gasteiger partial charge in [0.25, 0.3) is 0 Å². The van der Waals surface area contributed by atoms with Crippen LogP contribution in [0.5, 0.6) is 0 Å². The highest BCUT2D eigenvalue weighted by atomic mass is 16.4. The SMILES string of the molecule is Cc1cn(Cc2ccc(C(=O)O)cc2)nc1N. The molecular weight excluding hydrogens is 218 g/mol. The summed E-state index contributed by atoms with van der Waals surface area (Å²) in [6.45, 7) is 2.48. The van der Waals surface area contributed by atoms with Crippen LogP contribution >= 0.6 is 0 Å². The molecule has 0 fully saturated rings. The summed E-state index contributed by atoms with van der Waals surface area (Å²) < 4.78 is 1.74. The molecule has 0 saturated heterocycles. The van der Waals surface area contributed by atoms with E-state index in [1.807, 2.05) is 13.1 Å². The van der Waals surface area contributed by atoms with Crippen molar-refractivity contribution in [2.75, 3.05) is 5.73 Å². The number of nitrogens with two attached hydrogens (primary N) is 1. The number of nitrogens with zero attached hydrogens (tertiary/aromatic N) is 2. The second kappa shape index (κ2) is 4.29. The fourth-order valence-electron chi connectivity index (χ4n) is 1.56. The predicted molar refractivity (Wildman–Crippen MR) is 63.9 cm³/mol. The molecule has 0 spiro atoms. The molecule has 88 valence electrons. The maximum atomic E-state index is 10.7. The standard InChI is InChI=1S/C12H13N3O2/c1-8-6-15(14-11(8)13)7-9-2-4-10(5-3-9)12(16)17/h2-6H,7H2,1H3,(H2,13,14)(H,16,17). The fraction of sp³-hybridized carbons (Fsp3) is 0.167. The number of hydrogen-bond acceptors (Lipinski definition) is 3. The molecule has 0 aliphatic heterocycles. The second-order valence-electron chi connectivity index (χ2n) is 3.90. The molecule has 0 bridgehead atoms. The molecule has 0 unspecified atom stereocenters. The zero-order valence-corrected chi connectivity index (χ0v) is 9.42. The molecule has 0 radical (unpaired) electrons. The van der Waals surface area contributed by atoms with Crippen molar-refractivity contribution in [3.63, 3.8) is 0 Å². The van der Waals surface area contributed by atoms with E-state index in [-0.39, 0.29) is 5.56 Å². The van der Waals surface area contributed by atoms with Crippen molar-refractivity contribution in [2.24, 2.45) is 0 Å². The van der Waals surface area contributed by atoms with E-state index in [0.717, 1.165) is 11.1 Å². The third-order valence-electron chi connectivity index (χ3n) is 2.53. The summed E-state index contributed by atoms with van der Waals surface area (Å²) >= 11 is 0. The molecule has 17 heavy (non-hydrogen) atoms. The number of carbonyl (C=O) groups is 1. The van der Waals surface area contributed by atoms with Gasteiger partial charge in [-0.2, -0.15) is 5.10 Å². The summed E-state index contributed by atoms with van der Waals surface area (Å²) in [5, 5.41) is 12.9. The first-order valence-corrected chi connectivity index (χ1v) is 5.18. The quantitative estimate of drug-likeness (QED) is 0.839. The lowest BCUT2D eigenvalue weighted by molar-refractivity contribution is 0.0697. The van der Waals surface area contributed by atoms with Crippen molar-refractivity contribution in [2.45, 2.75) is 13.5 Å². The molecule has 0 aliphatic carbocycles. The first-order chi connectivity index (χ1) is 8.06. The van der Waals surface area contributed by atoms with Gasteiger partial charge in [-0.1, -0.05) is 12.1 Å². The van der Waals surface area contributed by atoms with E-state index in [1.54, 1.807) is 28.9 Å². The van der Waals surface area contributed by atoms with Gasteiger partial charge in [0.2, 0.25) is 0 Å². The van der Waals surface area contributed by atoms with Crippen molar-refractivity contribution in [3.05, 3.63) is 47.2 Å². The van der Waals surface area contributed by atoms with Crippen LogP contribution in [-0.4, -0.2) is 20.9 Å². The molecule has 3 N–H and O–H groups in total. The Morgan fingerprint density at radius 3 is 2.53 bits per heavy atom. The van der Waals surface area contributed by atoms with Gasteiger partial charge >= 0.3 is 5.97 Å². The molecule has 0 amide bonds. The van der Waals surface area contributed by atoms with Crippen molar-refractivity contribution >= 4 is 11.8 Å². The lowest BCUT2D eigenvalue weighted by atomic mass is 10.1. The lowest BCUT2D eigenvalue weighted by Crippen LogP contribution is -2.02. The van der Waals surface area contributed by atoms with Gasteiger partial charge in [-0.05, 0) is 24.6 Å². The number of aromatic nitrogens is 2. The molecule has 0 aliphatic rings. The van der Waals surface area contributed by atoms with Crippen molar-refractivity contribution < 1.29 is 9.90 Å². The highest BCUT2D eigenvalue weighted by Crippen LogP contribution is 2.10. The zero-order valence-electron chi connectivity index (χ0n) is 9.42. The number of nitrogen functional groups attached to an aromatic ring is 1. The van der Waals surface area contributed by atoms with Crippen LogP contribution < -0.4 is 5.73 Å². The molecular formula is C12H13N3O2. The van der Waals surface area contributed by atoms with Crippen molar-refractivity contribution in [3.8, 4) is 0 Å². The molecule has 0 atom stereocenters. The number of anilines is 1. The number of aryl methyl sites for hydroxylation is 1. The number of rotatable bonds is 3. The van der Waals surface area contributed by atoms with Gasteiger partial charge in [-0.15, -0.1) is 0 Å². The Kier molecular flexibility index (Phi) is 2.82. The topological polar surface area (TPSA) is 81.1 Å². The van der Waals surface area contributed by atoms with Crippen LogP contribution in [0.2, 0.25) is 0 Å². The Hall–Kier alpha value is -2.30. The van der Waals surface area contributed by atoms with Crippen LogP contribution in [-0.2, 0) is 6.54 Å². The minimum atomic E-state index is -0.921. The van der Waals surface area contributed by atoms with Crippen LogP contribution in [0.3, 0.4) is 0 Å². The predicted octanol–water partition coefficient (Wildman–Crippen LogP) is 1.52. The summed E-state index contributed by atoms with van der Waals surface area (Å²) in [4.78, 5) is 10.7. The molecule has 1 aromatic carbocycles. The number of benzene rings is 1. The Morgan fingerprint density at radius 1 is 1.41 bits per heavy atom. The minimum Gasteiger partial charge on any atom is -0.478 e. The van der Waals surface area contributed by atoms with Gasteiger partial charge in [-0.3, -0.25) is 4.68 Å². The lowest BCUT2D eigenvalue weighted by Gasteiger charge is -2.02. The number of aromatic carboxylic acids is 1. The maximum Gasteiger partial charge on any atom is 0.335 e. The molecule has 2 aromatic rings. The molecule has 1 aromatic heterocycles. The third-order valence-corrected chi connectivity index (χ3v) is 2.53. The molecule has 5 heteroatoms. The van der Waals surface area contributed by atoms with Gasteiger partial charge < -0.3 is 10.8 Å². The van der Waals surface area contributed by atoms with Crippen molar-refractivity contribution in [1.82, 2.24) is 9.78 Å². The first kappa shape index (κ1) is 11.2. The highest BCUT2D eigenvalue weighted by molar-refractivity contribution is 5.87. The normalized spacial score (nSPS) is 10.4. The molecule has 5 nitrogen and oxygen atoms in total. The van der Waals surface area contributed by atoms with Crippen LogP contribution in [0.4, 0.5) is 5.82 Å². The summed E-state index contributed by atoms with van der Waals surface area (Å²) in [6, 6.07) is 6.71. The number of carboxylic acid groups (broad SMARTS) is 1. The molecule has 0 saturated carbocycles. The minimum absolute atomic E-state index is 0.282. The Balaban J connectivity index is 2.16. The third kappa shape index (κ3) is 2.44. The van der Waals surface area contributed by atoms with E-state index in [1.165, 1.54) is 0 Å². The van der Waals surface area contributed by atoms with Crippen LogP contribution in [0.25, 0.3) is 0 Å². The Bertz CT molecular complexity index is 524. The maximum absolute atomic E-state index is 10.7. The largest absolute Gasteiger partial charge is 0.478 e. The van der Waals surface area contributed by atoms with Crippen LogP contribution in [0.1, 0.15) is 21.5 Å². The molecule has 2 rings (SSSR count). The van der Waals surface area contributed by atoms with E-state index >= 15 is 0 Å². The van der Waals surface area contributed by atoms with Crippen LogP contribution in [0, 0.1) is 6.92 Å². The second-order valence-corrected chi connectivity index (χ2v) is 3.90. The van der Waals surface area contributed by atoms with E-state index in [4.69, 9.17) is 10.8 Å². The molecule has 1 heterocycles. The fourth-order valence-corrected chi connectivity index (χ4v) is 1.56. The van der Waals surface area contributed by atoms with E-state index < -0.39 is 5.97 Å². The summed E-state index contributed by atoms with van der Waals surface area (Å²) in [5.41, 5.74) is 7.85. The van der Waals surface area contributed by atoms with Gasteiger partial charge in [0, 0.05) is 11.8 Å². The Morgan fingerprint density at radius 2 is 2.06 bits per heavy atom. The smallest absolute Gasteiger partial charge is 0.335 e. The summed E-state index contributed by atoms with van der Waals surface area (Å²) in [5.74, 6) is -0.400. The van der Waals surface area contributed by atoms with Crippen LogP contribution in [0.15, 0.2) is 30.5 Å². The number of hydrogen-bond donors (Lipinski definition) is 2. The first-order valence-electron chi connectivity index (χ1n) is 5.18. The van der Waals surface area contributed by atoms with E-state index in [2.05, 4.69) is 5.10 Å². The summed E-state index contributed by atoms with van der Waals surface area (Å²) in [7, 11) is 0. The Labute approximate surface area is 98.5 Å². The van der Waals surface area contributed by atoms with E-state index in [9.17, 15) is 4.79 Å². The average Bonchev–Trinajstić information content (AvgIpc) is 2.58. The summed E-state index contributed by atoms with van der Waals surface area (Å²) in [6.07, 6.45) is 1.86. The monoisotopic (exact) mass is 231 g/mol. The van der Waals surface area contributed by atoms with Gasteiger partial charge in [-0.25, -0.2) is 4.79 Å². The zero-order chi connectivity index (χ0) is 12.4. The highest BCUT2D eigenvalue weighted by Gasteiger charge is 2.04.